The summed E-state index contributed by atoms with van der Waals surface area (Å²) >= 11 is 0. The minimum atomic E-state index is 0.181. The topological polar surface area (TPSA) is 44.5 Å². The average molecular weight is 247 g/mol. The first-order chi connectivity index (χ1) is 8.77. The molecule has 1 aromatic rings. The van der Waals surface area contributed by atoms with Crippen LogP contribution in [-0.2, 0) is 5.41 Å². The van der Waals surface area contributed by atoms with E-state index in [9.17, 15) is 0 Å². The minimum absolute atomic E-state index is 0.181. The molecule has 0 aromatic heterocycles. The van der Waals surface area contributed by atoms with Gasteiger partial charge >= 0.3 is 0 Å². The van der Waals surface area contributed by atoms with Gasteiger partial charge in [-0.05, 0) is 36.5 Å². The van der Waals surface area contributed by atoms with E-state index in [-0.39, 0.29) is 5.41 Å². The van der Waals surface area contributed by atoms with Gasteiger partial charge in [0.05, 0.1) is 0 Å². The van der Waals surface area contributed by atoms with E-state index in [1.165, 1.54) is 31.2 Å². The highest BCUT2D eigenvalue weighted by molar-refractivity contribution is 5.47. The van der Waals surface area contributed by atoms with Gasteiger partial charge in [-0.3, -0.25) is 0 Å². The number of hydrogen-bond acceptors (Lipinski definition) is 3. The molecule has 2 N–H and O–H groups in total. The molecule has 1 saturated carbocycles. The van der Waals surface area contributed by atoms with E-state index >= 15 is 0 Å². The molecule has 0 spiro atoms. The Kier molecular flexibility index (Phi) is 2.94. The van der Waals surface area contributed by atoms with Crippen LogP contribution in [0.5, 0.6) is 11.5 Å². The van der Waals surface area contributed by atoms with Crippen molar-refractivity contribution >= 4 is 0 Å². The number of benzene rings is 1. The highest BCUT2D eigenvalue weighted by Crippen LogP contribution is 2.50. The van der Waals surface area contributed by atoms with Gasteiger partial charge in [0.2, 0.25) is 6.79 Å². The molecule has 0 bridgehead atoms. The van der Waals surface area contributed by atoms with Gasteiger partial charge in [-0.15, -0.1) is 0 Å². The summed E-state index contributed by atoms with van der Waals surface area (Å²) in [6.45, 7) is 3.32. The van der Waals surface area contributed by atoms with E-state index in [1.807, 2.05) is 6.07 Å². The Hall–Kier alpha value is -1.22. The first kappa shape index (κ1) is 11.8. The monoisotopic (exact) mass is 247 g/mol. The third-order valence-electron chi connectivity index (χ3n) is 4.43. The molecule has 1 aliphatic carbocycles. The maximum Gasteiger partial charge on any atom is 0.231 e. The lowest BCUT2D eigenvalue weighted by Crippen LogP contribution is -2.47. The van der Waals surface area contributed by atoms with E-state index < -0.39 is 0 Å². The molecule has 3 rings (SSSR count). The second-order valence-corrected chi connectivity index (χ2v) is 5.62. The van der Waals surface area contributed by atoms with E-state index in [4.69, 9.17) is 15.2 Å². The minimum Gasteiger partial charge on any atom is -0.454 e. The molecule has 0 unspecified atom stereocenters. The van der Waals surface area contributed by atoms with Gasteiger partial charge in [0.15, 0.2) is 11.5 Å². The molecule has 1 fully saturated rings. The Morgan fingerprint density at radius 2 is 2.06 bits per heavy atom. The normalized spacial score (nSPS) is 29.1. The summed E-state index contributed by atoms with van der Waals surface area (Å²) in [6.07, 6.45) is 5.03. The zero-order valence-electron chi connectivity index (χ0n) is 10.9. The zero-order chi connectivity index (χ0) is 12.6. The fourth-order valence-corrected chi connectivity index (χ4v) is 3.40. The third-order valence-corrected chi connectivity index (χ3v) is 4.43. The first-order valence-corrected chi connectivity index (χ1v) is 6.87. The molecule has 3 nitrogen and oxygen atoms in total. The van der Waals surface area contributed by atoms with Crippen molar-refractivity contribution in [1.29, 1.82) is 0 Å². The zero-order valence-corrected chi connectivity index (χ0v) is 10.9. The Bertz CT molecular complexity index is 438. The number of ether oxygens (including phenoxy) is 2. The van der Waals surface area contributed by atoms with Gasteiger partial charge in [-0.25, -0.2) is 0 Å². The predicted octanol–water partition coefficient (Wildman–Crippen LogP) is 2.82. The van der Waals surface area contributed by atoms with E-state index in [2.05, 4.69) is 19.1 Å². The van der Waals surface area contributed by atoms with Crippen molar-refractivity contribution in [2.75, 3.05) is 13.3 Å². The van der Waals surface area contributed by atoms with Crippen LogP contribution in [0.15, 0.2) is 18.2 Å². The standard InChI is InChI=1S/C15H21NO2/c1-2-3-11-7-15(8-11,9-16)12-4-5-13-14(6-12)18-10-17-13/h4-6,11H,2-3,7-10,16H2,1H3. The van der Waals surface area contributed by atoms with Gasteiger partial charge in [-0.2, -0.15) is 0 Å². The summed E-state index contributed by atoms with van der Waals surface area (Å²) in [6, 6.07) is 6.29. The second kappa shape index (κ2) is 4.47. The van der Waals surface area contributed by atoms with Crippen LogP contribution in [0, 0.1) is 5.92 Å². The van der Waals surface area contributed by atoms with Crippen LogP contribution < -0.4 is 15.2 Å². The smallest absolute Gasteiger partial charge is 0.231 e. The lowest BCUT2D eigenvalue weighted by atomic mass is 9.57. The molecular weight excluding hydrogens is 226 g/mol. The molecule has 0 amide bonds. The van der Waals surface area contributed by atoms with Gasteiger partial charge in [0, 0.05) is 12.0 Å². The van der Waals surface area contributed by atoms with Crippen molar-refractivity contribution < 1.29 is 9.47 Å². The molecule has 1 aromatic carbocycles. The maximum atomic E-state index is 6.03. The van der Waals surface area contributed by atoms with Crippen LogP contribution in [0.25, 0.3) is 0 Å². The van der Waals surface area contributed by atoms with Crippen LogP contribution in [-0.4, -0.2) is 13.3 Å². The number of rotatable bonds is 4. The van der Waals surface area contributed by atoms with Crippen LogP contribution in [0.3, 0.4) is 0 Å². The van der Waals surface area contributed by atoms with Crippen LogP contribution >= 0.6 is 0 Å². The molecule has 0 atom stereocenters. The summed E-state index contributed by atoms with van der Waals surface area (Å²) < 4.78 is 10.8. The molecule has 1 aliphatic heterocycles. The Balaban J connectivity index is 1.81. The second-order valence-electron chi connectivity index (χ2n) is 5.62. The Morgan fingerprint density at radius 3 is 2.78 bits per heavy atom. The van der Waals surface area contributed by atoms with Crippen LogP contribution in [0.2, 0.25) is 0 Å². The maximum absolute atomic E-state index is 6.03. The number of nitrogens with two attached hydrogens (primary N) is 1. The summed E-state index contributed by atoms with van der Waals surface area (Å²) in [5.41, 5.74) is 7.53. The van der Waals surface area contributed by atoms with Crippen molar-refractivity contribution in [1.82, 2.24) is 0 Å². The van der Waals surface area contributed by atoms with Crippen LogP contribution in [0.4, 0.5) is 0 Å². The van der Waals surface area contributed by atoms with Gasteiger partial charge in [0.1, 0.15) is 0 Å². The largest absolute Gasteiger partial charge is 0.454 e. The summed E-state index contributed by atoms with van der Waals surface area (Å²) in [7, 11) is 0. The molecule has 0 saturated heterocycles. The fourth-order valence-electron chi connectivity index (χ4n) is 3.40. The third kappa shape index (κ3) is 1.77. The van der Waals surface area contributed by atoms with Crippen LogP contribution in [0.1, 0.15) is 38.2 Å². The SMILES string of the molecule is CCCC1CC(CN)(c2ccc3c(c2)OCO3)C1. The molecule has 1 heterocycles. The van der Waals surface area contributed by atoms with Crippen molar-refractivity contribution in [2.24, 2.45) is 11.7 Å². The summed E-state index contributed by atoms with van der Waals surface area (Å²) in [5.74, 6) is 2.58. The predicted molar refractivity (Wildman–Crippen MR) is 70.9 cm³/mol. The quantitative estimate of drug-likeness (QED) is 0.889. The number of hydrogen-bond donors (Lipinski definition) is 1. The molecule has 18 heavy (non-hydrogen) atoms. The summed E-state index contributed by atoms with van der Waals surface area (Å²) in [5, 5.41) is 0. The lowest BCUT2D eigenvalue weighted by molar-refractivity contribution is 0.138. The van der Waals surface area contributed by atoms with Crippen molar-refractivity contribution in [3.8, 4) is 11.5 Å². The van der Waals surface area contributed by atoms with Gasteiger partial charge < -0.3 is 15.2 Å². The van der Waals surface area contributed by atoms with Crippen molar-refractivity contribution in [2.45, 2.75) is 38.0 Å². The van der Waals surface area contributed by atoms with Gasteiger partial charge in [-0.1, -0.05) is 25.8 Å². The summed E-state index contributed by atoms with van der Waals surface area (Å²) in [4.78, 5) is 0. The van der Waals surface area contributed by atoms with Gasteiger partial charge in [0.25, 0.3) is 0 Å². The molecule has 98 valence electrons. The molecule has 3 heteroatoms. The lowest BCUT2D eigenvalue weighted by Gasteiger charge is -2.48. The van der Waals surface area contributed by atoms with E-state index in [1.54, 1.807) is 0 Å². The van der Waals surface area contributed by atoms with Crippen molar-refractivity contribution in [3.63, 3.8) is 0 Å². The Morgan fingerprint density at radius 1 is 1.28 bits per heavy atom. The van der Waals surface area contributed by atoms with E-state index in [0.717, 1.165) is 24.0 Å². The molecule has 0 radical (unpaired) electrons. The van der Waals surface area contributed by atoms with Crippen molar-refractivity contribution in [3.05, 3.63) is 23.8 Å². The van der Waals surface area contributed by atoms with E-state index in [0.29, 0.717) is 6.79 Å². The average Bonchev–Trinajstić information content (AvgIpc) is 2.80. The number of fused-ring (bicyclic) bond motifs is 1. The molecule has 2 aliphatic rings. The molecular formula is C15H21NO2. The first-order valence-electron chi connectivity index (χ1n) is 6.87. The highest BCUT2D eigenvalue weighted by Gasteiger charge is 2.44. The highest BCUT2D eigenvalue weighted by atomic mass is 16.7. The fraction of sp³-hybridized carbons (Fsp3) is 0.600. The Labute approximate surface area is 108 Å².